The lowest BCUT2D eigenvalue weighted by Gasteiger charge is -2.15. The van der Waals surface area contributed by atoms with Crippen LogP contribution in [0.4, 0.5) is 17.2 Å². The van der Waals surface area contributed by atoms with E-state index in [-0.39, 0.29) is 16.5 Å². The van der Waals surface area contributed by atoms with Crippen molar-refractivity contribution in [1.29, 1.82) is 0 Å². The summed E-state index contributed by atoms with van der Waals surface area (Å²) in [6, 6.07) is 6.98. The van der Waals surface area contributed by atoms with Crippen LogP contribution in [0.15, 0.2) is 30.6 Å². The van der Waals surface area contributed by atoms with E-state index >= 15 is 0 Å². The minimum absolute atomic E-state index is 0.0477. The molecule has 0 spiro atoms. The maximum absolute atomic E-state index is 11.3. The molecule has 0 saturated heterocycles. The van der Waals surface area contributed by atoms with Gasteiger partial charge in [-0.2, -0.15) is 5.10 Å². The predicted molar refractivity (Wildman–Crippen MR) is 95.3 cm³/mol. The molecule has 3 N–H and O–H groups in total. The molecule has 3 aromatic rings. The standard InChI is InChI=1S/C16H15ClN6O2/c1-23-8-19-16(22-23)9-4-3-5-11(14(9)25-2)20-12-6-13(17)21-15(18)10(12)7-24/h3-8H,1-2H3,(H3,18,20,21). The van der Waals surface area contributed by atoms with Gasteiger partial charge in [-0.25, -0.2) is 9.97 Å². The number of nitrogens with zero attached hydrogens (tertiary/aromatic N) is 4. The highest BCUT2D eigenvalue weighted by atomic mass is 35.5. The zero-order chi connectivity index (χ0) is 18.0. The van der Waals surface area contributed by atoms with Crippen LogP contribution in [-0.4, -0.2) is 33.1 Å². The number of carbonyl (C=O) groups is 1. The third-order valence-electron chi connectivity index (χ3n) is 3.50. The molecule has 0 radical (unpaired) electrons. The monoisotopic (exact) mass is 358 g/mol. The Morgan fingerprint density at radius 3 is 2.80 bits per heavy atom. The summed E-state index contributed by atoms with van der Waals surface area (Å²) in [5.41, 5.74) is 7.71. The third-order valence-corrected chi connectivity index (χ3v) is 3.70. The number of halogens is 1. The molecule has 8 nitrogen and oxygen atoms in total. The zero-order valence-corrected chi connectivity index (χ0v) is 14.3. The zero-order valence-electron chi connectivity index (χ0n) is 13.5. The summed E-state index contributed by atoms with van der Waals surface area (Å²) in [6.45, 7) is 0. The molecule has 0 aliphatic carbocycles. The first-order valence-electron chi connectivity index (χ1n) is 7.24. The van der Waals surface area contributed by atoms with Crippen LogP contribution in [-0.2, 0) is 7.05 Å². The number of aryl methyl sites for hydroxylation is 1. The van der Waals surface area contributed by atoms with Crippen LogP contribution in [0.5, 0.6) is 5.75 Å². The average Bonchev–Trinajstić information content (AvgIpc) is 3.00. The number of methoxy groups -OCH3 is 1. The van der Waals surface area contributed by atoms with Crippen LogP contribution >= 0.6 is 11.6 Å². The number of nitrogen functional groups attached to an aromatic ring is 1. The van der Waals surface area contributed by atoms with Gasteiger partial charge in [0.2, 0.25) is 0 Å². The van der Waals surface area contributed by atoms with E-state index in [0.29, 0.717) is 34.8 Å². The molecule has 0 bridgehead atoms. The van der Waals surface area contributed by atoms with Crippen molar-refractivity contribution in [1.82, 2.24) is 19.7 Å². The van der Waals surface area contributed by atoms with E-state index in [1.165, 1.54) is 6.07 Å². The minimum Gasteiger partial charge on any atom is -0.494 e. The maximum atomic E-state index is 11.3. The molecule has 9 heteroatoms. The topological polar surface area (TPSA) is 108 Å². The number of aldehydes is 1. The molecule has 0 aliphatic heterocycles. The molecule has 1 aromatic carbocycles. The Kier molecular flexibility index (Phi) is 4.53. The second-order valence-corrected chi connectivity index (χ2v) is 5.55. The molecule has 2 heterocycles. The van der Waals surface area contributed by atoms with Crippen molar-refractivity contribution in [3.05, 3.63) is 41.3 Å². The van der Waals surface area contributed by atoms with E-state index in [1.807, 2.05) is 12.1 Å². The van der Waals surface area contributed by atoms with Gasteiger partial charge in [0.25, 0.3) is 0 Å². The lowest BCUT2D eigenvalue weighted by Crippen LogP contribution is -2.04. The number of benzene rings is 1. The fourth-order valence-electron chi connectivity index (χ4n) is 2.41. The summed E-state index contributed by atoms with van der Waals surface area (Å²) < 4.78 is 7.13. The number of aromatic nitrogens is 4. The molecular formula is C16H15ClN6O2. The van der Waals surface area contributed by atoms with Gasteiger partial charge in [-0.05, 0) is 18.2 Å². The number of anilines is 3. The largest absolute Gasteiger partial charge is 0.494 e. The molecule has 0 fully saturated rings. The minimum atomic E-state index is 0.0477. The van der Waals surface area contributed by atoms with Crippen LogP contribution in [0.3, 0.4) is 0 Å². The number of nitrogens with one attached hydrogen (secondary N) is 1. The third kappa shape index (κ3) is 3.24. The molecule has 25 heavy (non-hydrogen) atoms. The van der Waals surface area contributed by atoms with Crippen molar-refractivity contribution < 1.29 is 9.53 Å². The first-order valence-corrected chi connectivity index (χ1v) is 7.62. The molecule has 2 aromatic heterocycles. The number of para-hydroxylation sites is 1. The summed E-state index contributed by atoms with van der Waals surface area (Å²) in [4.78, 5) is 19.5. The smallest absolute Gasteiger partial charge is 0.184 e. The summed E-state index contributed by atoms with van der Waals surface area (Å²) in [5.74, 6) is 1.09. The van der Waals surface area contributed by atoms with E-state index < -0.39 is 0 Å². The fraction of sp³-hybridized carbons (Fsp3) is 0.125. The Balaban J connectivity index is 2.09. The summed E-state index contributed by atoms with van der Waals surface area (Å²) in [7, 11) is 3.32. The first kappa shape index (κ1) is 16.7. The van der Waals surface area contributed by atoms with Crippen molar-refractivity contribution in [3.63, 3.8) is 0 Å². The molecule has 3 rings (SSSR count). The van der Waals surface area contributed by atoms with Gasteiger partial charge in [-0.3, -0.25) is 9.48 Å². The second kappa shape index (κ2) is 6.78. The normalized spacial score (nSPS) is 10.5. The summed E-state index contributed by atoms with van der Waals surface area (Å²) in [5, 5.41) is 7.58. The molecule has 0 aliphatic rings. The Bertz CT molecular complexity index is 940. The number of pyridine rings is 1. The van der Waals surface area contributed by atoms with Crippen LogP contribution < -0.4 is 15.8 Å². The van der Waals surface area contributed by atoms with Crippen LogP contribution in [0.2, 0.25) is 5.15 Å². The Hall–Kier alpha value is -3.13. The highest BCUT2D eigenvalue weighted by Gasteiger charge is 2.16. The first-order chi connectivity index (χ1) is 12.0. The predicted octanol–water partition coefficient (Wildman–Crippen LogP) is 2.68. The van der Waals surface area contributed by atoms with Gasteiger partial charge in [-0.1, -0.05) is 17.7 Å². The van der Waals surface area contributed by atoms with Crippen LogP contribution in [0, 0.1) is 0 Å². The SMILES string of the molecule is COc1c(Nc2cc(Cl)nc(N)c2C=O)cccc1-c1ncn(C)n1. The maximum Gasteiger partial charge on any atom is 0.184 e. The summed E-state index contributed by atoms with van der Waals surface area (Å²) >= 11 is 5.95. The number of ether oxygens (including phenoxy) is 1. The quantitative estimate of drug-likeness (QED) is 0.533. The highest BCUT2D eigenvalue weighted by molar-refractivity contribution is 6.30. The van der Waals surface area contributed by atoms with Gasteiger partial charge in [0.15, 0.2) is 17.9 Å². The van der Waals surface area contributed by atoms with Crippen molar-refractivity contribution in [3.8, 4) is 17.1 Å². The van der Waals surface area contributed by atoms with Crippen molar-refractivity contribution in [2.24, 2.45) is 7.05 Å². The molecule has 0 amide bonds. The fourth-order valence-corrected chi connectivity index (χ4v) is 2.61. The van der Waals surface area contributed by atoms with E-state index in [4.69, 9.17) is 22.1 Å². The van der Waals surface area contributed by atoms with Crippen molar-refractivity contribution >= 4 is 35.1 Å². The lowest BCUT2D eigenvalue weighted by molar-refractivity contribution is 0.112. The van der Waals surface area contributed by atoms with Gasteiger partial charge in [0, 0.05) is 7.05 Å². The number of carbonyl (C=O) groups excluding carboxylic acids is 1. The Morgan fingerprint density at radius 1 is 1.36 bits per heavy atom. The van der Waals surface area contributed by atoms with E-state index in [9.17, 15) is 4.79 Å². The molecule has 0 saturated carbocycles. The molecular weight excluding hydrogens is 344 g/mol. The summed E-state index contributed by atoms with van der Waals surface area (Å²) in [6.07, 6.45) is 2.22. The Morgan fingerprint density at radius 2 is 2.16 bits per heavy atom. The van der Waals surface area contributed by atoms with Crippen LogP contribution in [0.1, 0.15) is 10.4 Å². The number of hydrogen-bond donors (Lipinski definition) is 2. The second-order valence-electron chi connectivity index (χ2n) is 5.16. The number of hydrogen-bond acceptors (Lipinski definition) is 7. The van der Waals surface area contributed by atoms with Gasteiger partial charge in [0.1, 0.15) is 17.3 Å². The van der Waals surface area contributed by atoms with Crippen LogP contribution in [0.25, 0.3) is 11.4 Å². The van der Waals surface area contributed by atoms with Crippen molar-refractivity contribution in [2.75, 3.05) is 18.2 Å². The number of rotatable bonds is 5. The average molecular weight is 359 g/mol. The number of nitrogens with two attached hydrogens (primary N) is 1. The highest BCUT2D eigenvalue weighted by Crippen LogP contribution is 2.37. The van der Waals surface area contributed by atoms with E-state index in [2.05, 4.69) is 20.4 Å². The van der Waals surface area contributed by atoms with Crippen molar-refractivity contribution in [2.45, 2.75) is 0 Å². The molecule has 0 atom stereocenters. The molecule has 0 unspecified atom stereocenters. The van der Waals surface area contributed by atoms with Gasteiger partial charge >= 0.3 is 0 Å². The van der Waals surface area contributed by atoms with E-state index in [1.54, 1.807) is 31.2 Å². The molecule has 128 valence electrons. The lowest BCUT2D eigenvalue weighted by atomic mass is 10.1. The van der Waals surface area contributed by atoms with Gasteiger partial charge < -0.3 is 15.8 Å². The Labute approximate surface area is 148 Å². The van der Waals surface area contributed by atoms with Gasteiger partial charge in [0.05, 0.1) is 29.6 Å². The van der Waals surface area contributed by atoms with Gasteiger partial charge in [-0.15, -0.1) is 0 Å². The van der Waals surface area contributed by atoms with E-state index in [0.717, 1.165) is 0 Å².